The van der Waals surface area contributed by atoms with Crippen molar-refractivity contribution in [3.8, 4) is 0 Å². The van der Waals surface area contributed by atoms with Crippen LogP contribution in [0.1, 0.15) is 45.4 Å². The first kappa shape index (κ1) is 12.2. The molecule has 4 heteroatoms. The maximum absolute atomic E-state index is 12.2. The molecule has 18 heavy (non-hydrogen) atoms. The number of nitrogens with two attached hydrogens (primary N) is 1. The van der Waals surface area contributed by atoms with Crippen molar-refractivity contribution >= 4 is 11.8 Å². The monoisotopic (exact) mass is 250 g/mol. The second-order valence-electron chi connectivity index (χ2n) is 6.46. The lowest BCUT2D eigenvalue weighted by Crippen LogP contribution is -2.63. The molecule has 3 aliphatic rings. The van der Waals surface area contributed by atoms with E-state index >= 15 is 0 Å². The Morgan fingerprint density at radius 2 is 1.67 bits per heavy atom. The molecule has 5 unspecified atom stereocenters. The summed E-state index contributed by atoms with van der Waals surface area (Å²) in [5.41, 5.74) is 6.09. The van der Waals surface area contributed by atoms with Gasteiger partial charge in [-0.2, -0.15) is 0 Å². The fourth-order valence-corrected chi connectivity index (χ4v) is 4.76. The van der Waals surface area contributed by atoms with Gasteiger partial charge in [0, 0.05) is 17.9 Å². The minimum absolute atomic E-state index is 0.0110. The largest absolute Gasteiger partial charge is 0.327 e. The Bertz CT molecular complexity index is 395. The summed E-state index contributed by atoms with van der Waals surface area (Å²) in [7, 11) is 0. The SMILES string of the molecule is CC12C3CCCCC1C(N)CCC2C(=O)NC3=O. The second-order valence-corrected chi connectivity index (χ2v) is 6.46. The zero-order valence-electron chi connectivity index (χ0n) is 10.9. The van der Waals surface area contributed by atoms with Gasteiger partial charge in [-0.25, -0.2) is 0 Å². The molecule has 4 nitrogen and oxygen atoms in total. The number of hydrogen-bond acceptors (Lipinski definition) is 3. The van der Waals surface area contributed by atoms with Crippen LogP contribution in [0.25, 0.3) is 0 Å². The van der Waals surface area contributed by atoms with Gasteiger partial charge < -0.3 is 5.73 Å². The Labute approximate surface area is 108 Å². The van der Waals surface area contributed by atoms with Gasteiger partial charge in [0.1, 0.15) is 0 Å². The van der Waals surface area contributed by atoms with Crippen molar-refractivity contribution in [2.45, 2.75) is 51.5 Å². The van der Waals surface area contributed by atoms with Crippen molar-refractivity contribution in [1.29, 1.82) is 0 Å². The Balaban J connectivity index is 2.07. The van der Waals surface area contributed by atoms with Crippen molar-refractivity contribution in [3.63, 3.8) is 0 Å². The topological polar surface area (TPSA) is 72.2 Å². The fraction of sp³-hybridized carbons (Fsp3) is 0.857. The van der Waals surface area contributed by atoms with Crippen LogP contribution in [0.3, 0.4) is 0 Å². The molecule has 1 heterocycles. The molecule has 100 valence electrons. The lowest BCUT2D eigenvalue weighted by Gasteiger charge is -2.54. The molecule has 0 aromatic heterocycles. The number of carbonyl (C=O) groups is 2. The maximum Gasteiger partial charge on any atom is 0.230 e. The van der Waals surface area contributed by atoms with E-state index in [-0.39, 0.29) is 35.1 Å². The lowest BCUT2D eigenvalue weighted by molar-refractivity contribution is -0.157. The predicted molar refractivity (Wildman–Crippen MR) is 67.4 cm³/mol. The molecule has 2 amide bonds. The van der Waals surface area contributed by atoms with E-state index < -0.39 is 0 Å². The van der Waals surface area contributed by atoms with Gasteiger partial charge in [0.2, 0.25) is 11.8 Å². The lowest BCUT2D eigenvalue weighted by atomic mass is 9.52. The van der Waals surface area contributed by atoms with E-state index in [9.17, 15) is 9.59 Å². The summed E-state index contributed by atoms with van der Waals surface area (Å²) in [5.74, 6) is 0.193. The summed E-state index contributed by atoms with van der Waals surface area (Å²) in [6.45, 7) is 2.15. The summed E-state index contributed by atoms with van der Waals surface area (Å²) >= 11 is 0. The number of rotatable bonds is 0. The quantitative estimate of drug-likeness (QED) is 0.634. The van der Waals surface area contributed by atoms with Crippen LogP contribution >= 0.6 is 0 Å². The van der Waals surface area contributed by atoms with Crippen molar-refractivity contribution in [2.75, 3.05) is 0 Å². The molecule has 3 fully saturated rings. The summed E-state index contributed by atoms with van der Waals surface area (Å²) in [5, 5.41) is 2.58. The summed E-state index contributed by atoms with van der Waals surface area (Å²) in [4.78, 5) is 24.3. The summed E-state index contributed by atoms with van der Waals surface area (Å²) in [6, 6.07) is 0.158. The van der Waals surface area contributed by atoms with Gasteiger partial charge in [0.25, 0.3) is 0 Å². The van der Waals surface area contributed by atoms with Gasteiger partial charge in [-0.15, -0.1) is 0 Å². The maximum atomic E-state index is 12.2. The first-order valence-corrected chi connectivity index (χ1v) is 7.15. The highest BCUT2D eigenvalue weighted by Crippen LogP contribution is 2.56. The predicted octanol–water partition coefficient (Wildman–Crippen LogP) is 1.19. The summed E-state index contributed by atoms with van der Waals surface area (Å²) < 4.78 is 0. The third-order valence-electron chi connectivity index (χ3n) is 5.74. The minimum Gasteiger partial charge on any atom is -0.327 e. The average Bonchev–Trinajstić information content (AvgIpc) is 2.47. The third kappa shape index (κ3) is 1.48. The van der Waals surface area contributed by atoms with Gasteiger partial charge in [0.15, 0.2) is 0 Å². The van der Waals surface area contributed by atoms with E-state index in [1.165, 1.54) is 0 Å². The van der Waals surface area contributed by atoms with Gasteiger partial charge in [-0.1, -0.05) is 19.8 Å². The number of nitrogens with one attached hydrogen (secondary N) is 1. The van der Waals surface area contributed by atoms with Crippen molar-refractivity contribution in [3.05, 3.63) is 0 Å². The highest BCUT2D eigenvalue weighted by Gasteiger charge is 2.59. The van der Waals surface area contributed by atoms with Crippen molar-refractivity contribution in [2.24, 2.45) is 28.9 Å². The number of amides is 2. The Morgan fingerprint density at radius 3 is 2.39 bits per heavy atom. The van der Waals surface area contributed by atoms with Crippen LogP contribution in [0, 0.1) is 23.2 Å². The Morgan fingerprint density at radius 1 is 1.06 bits per heavy atom. The van der Waals surface area contributed by atoms with E-state index in [0.29, 0.717) is 5.92 Å². The molecule has 2 aliphatic carbocycles. The van der Waals surface area contributed by atoms with E-state index in [1.807, 2.05) is 0 Å². The van der Waals surface area contributed by atoms with Crippen molar-refractivity contribution < 1.29 is 9.59 Å². The highest BCUT2D eigenvalue weighted by atomic mass is 16.2. The smallest absolute Gasteiger partial charge is 0.230 e. The zero-order valence-corrected chi connectivity index (χ0v) is 10.9. The van der Waals surface area contributed by atoms with Crippen LogP contribution in [0.4, 0.5) is 0 Å². The van der Waals surface area contributed by atoms with Crippen LogP contribution in [-0.4, -0.2) is 17.9 Å². The zero-order chi connectivity index (χ0) is 12.9. The van der Waals surface area contributed by atoms with E-state index in [1.54, 1.807) is 0 Å². The van der Waals surface area contributed by atoms with Gasteiger partial charge in [-0.3, -0.25) is 14.9 Å². The van der Waals surface area contributed by atoms with Crippen LogP contribution < -0.4 is 11.1 Å². The normalized spacial score (nSPS) is 48.1. The van der Waals surface area contributed by atoms with Gasteiger partial charge >= 0.3 is 0 Å². The molecule has 2 saturated carbocycles. The molecular weight excluding hydrogens is 228 g/mol. The molecule has 1 saturated heterocycles. The number of imide groups is 1. The summed E-state index contributed by atoms with van der Waals surface area (Å²) in [6.07, 6.45) is 5.96. The molecule has 1 aliphatic heterocycles. The Kier molecular flexibility index (Phi) is 2.73. The van der Waals surface area contributed by atoms with Crippen LogP contribution in [-0.2, 0) is 9.59 Å². The standard InChI is InChI=1S/C14H22N2O2/c1-14-8-4-2-3-5-9(14)12(17)16-13(18)10(14)6-7-11(8)15/h8-11H,2-7,15H2,1H3,(H,16,17,18). The molecule has 3 N–H and O–H groups in total. The molecule has 0 spiro atoms. The van der Waals surface area contributed by atoms with E-state index in [2.05, 4.69) is 12.2 Å². The molecule has 5 atom stereocenters. The molecule has 0 bridgehead atoms. The van der Waals surface area contributed by atoms with Crippen molar-refractivity contribution in [1.82, 2.24) is 5.32 Å². The fourth-order valence-electron chi connectivity index (χ4n) is 4.76. The van der Waals surface area contributed by atoms with E-state index in [0.717, 1.165) is 38.5 Å². The van der Waals surface area contributed by atoms with Crippen LogP contribution in [0.15, 0.2) is 0 Å². The first-order valence-electron chi connectivity index (χ1n) is 7.15. The highest BCUT2D eigenvalue weighted by molar-refractivity contribution is 6.01. The average molecular weight is 250 g/mol. The van der Waals surface area contributed by atoms with Crippen LogP contribution in [0.5, 0.6) is 0 Å². The molecule has 0 aromatic carbocycles. The molecule has 0 aromatic rings. The Hall–Kier alpha value is -0.900. The van der Waals surface area contributed by atoms with Gasteiger partial charge in [0.05, 0.1) is 0 Å². The number of piperidine rings is 1. The number of hydrogen-bond donors (Lipinski definition) is 2. The molecular formula is C14H22N2O2. The minimum atomic E-state index is -0.201. The van der Waals surface area contributed by atoms with Gasteiger partial charge in [-0.05, 0) is 37.0 Å². The van der Waals surface area contributed by atoms with Crippen LogP contribution in [0.2, 0.25) is 0 Å². The number of carbonyl (C=O) groups excluding carboxylic acids is 2. The van der Waals surface area contributed by atoms with E-state index in [4.69, 9.17) is 5.73 Å². The first-order chi connectivity index (χ1) is 8.55. The molecule has 0 radical (unpaired) electrons. The molecule has 3 rings (SSSR count). The second kappa shape index (κ2) is 4.05. The third-order valence-corrected chi connectivity index (χ3v) is 5.74.